The molecule has 0 aliphatic carbocycles. The van der Waals surface area contributed by atoms with Gasteiger partial charge in [-0.2, -0.15) is 0 Å². The highest BCUT2D eigenvalue weighted by Crippen LogP contribution is 2.24. The van der Waals surface area contributed by atoms with E-state index < -0.39 is 0 Å². The molecule has 0 amide bonds. The van der Waals surface area contributed by atoms with Crippen LogP contribution in [-0.4, -0.2) is 4.98 Å². The molecule has 90 valence electrons. The second-order valence-electron chi connectivity index (χ2n) is 3.71. The summed E-state index contributed by atoms with van der Waals surface area (Å²) in [6.07, 6.45) is 0.456. The van der Waals surface area contributed by atoms with Crippen LogP contribution in [0.5, 0.6) is 0 Å². The fourth-order valence-corrected chi connectivity index (χ4v) is 2.77. The Morgan fingerprint density at radius 3 is 2.88 bits per heavy atom. The van der Waals surface area contributed by atoms with Crippen LogP contribution in [0, 0.1) is 12.7 Å². The number of thiazole rings is 1. The van der Waals surface area contributed by atoms with Gasteiger partial charge in [0.1, 0.15) is 5.82 Å². The SMILES string of the molecule is Cc1nc(Cc2cccc(Cl)c2F)sc1CN. The third-order valence-electron chi connectivity index (χ3n) is 2.50. The number of aryl methyl sites for hydroxylation is 1. The Kier molecular flexibility index (Phi) is 3.76. The van der Waals surface area contributed by atoms with Crippen LogP contribution in [0.4, 0.5) is 4.39 Å². The second kappa shape index (κ2) is 5.12. The zero-order chi connectivity index (χ0) is 12.4. The molecule has 5 heteroatoms. The molecular weight excluding hydrogens is 259 g/mol. The van der Waals surface area contributed by atoms with Gasteiger partial charge < -0.3 is 5.73 Å². The van der Waals surface area contributed by atoms with Crippen molar-refractivity contribution in [2.45, 2.75) is 19.9 Å². The van der Waals surface area contributed by atoms with Crippen LogP contribution in [0.1, 0.15) is 21.1 Å². The van der Waals surface area contributed by atoms with Gasteiger partial charge in [-0.15, -0.1) is 11.3 Å². The van der Waals surface area contributed by atoms with E-state index in [1.165, 1.54) is 11.3 Å². The van der Waals surface area contributed by atoms with Gasteiger partial charge in [0, 0.05) is 17.8 Å². The lowest BCUT2D eigenvalue weighted by Gasteiger charge is -2.01. The molecule has 1 aromatic heterocycles. The van der Waals surface area contributed by atoms with Gasteiger partial charge in [0.05, 0.1) is 15.7 Å². The standard InChI is InChI=1S/C12H12ClFN2S/c1-7-10(6-15)17-11(16-7)5-8-3-2-4-9(13)12(8)14/h2-4H,5-6,15H2,1H3. The molecule has 0 bridgehead atoms. The van der Waals surface area contributed by atoms with Gasteiger partial charge in [0.15, 0.2) is 0 Å². The van der Waals surface area contributed by atoms with Gasteiger partial charge in [0.2, 0.25) is 0 Å². The average Bonchev–Trinajstić information content (AvgIpc) is 2.65. The molecule has 1 heterocycles. The number of nitrogens with two attached hydrogens (primary N) is 1. The molecule has 0 fully saturated rings. The van der Waals surface area contributed by atoms with E-state index in [0.717, 1.165) is 15.6 Å². The normalized spacial score (nSPS) is 10.8. The lowest BCUT2D eigenvalue weighted by Crippen LogP contribution is -1.94. The molecule has 0 aliphatic rings. The fraction of sp³-hybridized carbons (Fsp3) is 0.250. The van der Waals surface area contributed by atoms with Crippen molar-refractivity contribution >= 4 is 22.9 Å². The lowest BCUT2D eigenvalue weighted by molar-refractivity contribution is 0.614. The smallest absolute Gasteiger partial charge is 0.145 e. The van der Waals surface area contributed by atoms with Crippen molar-refractivity contribution in [3.63, 3.8) is 0 Å². The van der Waals surface area contributed by atoms with Gasteiger partial charge in [-0.05, 0) is 18.6 Å². The highest BCUT2D eigenvalue weighted by Gasteiger charge is 2.11. The Hall–Kier alpha value is -0.970. The van der Waals surface area contributed by atoms with Crippen LogP contribution in [0.25, 0.3) is 0 Å². The fourth-order valence-electron chi connectivity index (χ4n) is 1.60. The van der Waals surface area contributed by atoms with Crippen molar-refractivity contribution in [1.29, 1.82) is 0 Å². The van der Waals surface area contributed by atoms with E-state index in [1.807, 2.05) is 6.92 Å². The molecule has 1 aromatic carbocycles. The maximum absolute atomic E-state index is 13.7. The Balaban J connectivity index is 2.28. The van der Waals surface area contributed by atoms with Crippen molar-refractivity contribution < 1.29 is 4.39 Å². The first-order chi connectivity index (χ1) is 8.11. The molecule has 0 spiro atoms. The van der Waals surface area contributed by atoms with Gasteiger partial charge in [-0.1, -0.05) is 23.7 Å². The molecule has 0 unspecified atom stereocenters. The minimum Gasteiger partial charge on any atom is -0.326 e. The summed E-state index contributed by atoms with van der Waals surface area (Å²) < 4.78 is 13.7. The minimum absolute atomic E-state index is 0.148. The van der Waals surface area contributed by atoms with Gasteiger partial charge in [-0.3, -0.25) is 0 Å². The summed E-state index contributed by atoms with van der Waals surface area (Å²) in [5, 5.41) is 1.01. The first-order valence-electron chi connectivity index (χ1n) is 5.20. The number of aromatic nitrogens is 1. The Bertz CT molecular complexity index is 539. The largest absolute Gasteiger partial charge is 0.326 e. The monoisotopic (exact) mass is 270 g/mol. The summed E-state index contributed by atoms with van der Waals surface area (Å²) in [6, 6.07) is 5.00. The topological polar surface area (TPSA) is 38.9 Å². The third-order valence-corrected chi connectivity index (χ3v) is 3.97. The average molecular weight is 271 g/mol. The van der Waals surface area contributed by atoms with E-state index in [0.29, 0.717) is 18.5 Å². The summed E-state index contributed by atoms with van der Waals surface area (Å²) in [5.41, 5.74) is 7.08. The van der Waals surface area contributed by atoms with Crippen LogP contribution < -0.4 is 5.73 Å². The van der Waals surface area contributed by atoms with Crippen LogP contribution >= 0.6 is 22.9 Å². The Labute approximate surface area is 108 Å². The van der Waals surface area contributed by atoms with Crippen molar-refractivity contribution in [2.75, 3.05) is 0 Å². The van der Waals surface area contributed by atoms with E-state index in [9.17, 15) is 4.39 Å². The summed E-state index contributed by atoms with van der Waals surface area (Å²) >= 11 is 7.25. The van der Waals surface area contributed by atoms with E-state index in [-0.39, 0.29) is 10.8 Å². The maximum Gasteiger partial charge on any atom is 0.145 e. The number of rotatable bonds is 3. The Morgan fingerprint density at radius 1 is 1.47 bits per heavy atom. The third kappa shape index (κ3) is 2.65. The lowest BCUT2D eigenvalue weighted by atomic mass is 10.1. The zero-order valence-electron chi connectivity index (χ0n) is 9.34. The van der Waals surface area contributed by atoms with Crippen LogP contribution in [-0.2, 0) is 13.0 Å². The molecular formula is C12H12ClFN2S. The number of benzene rings is 1. The van der Waals surface area contributed by atoms with Crippen LogP contribution in [0.2, 0.25) is 5.02 Å². The number of halogens is 2. The van der Waals surface area contributed by atoms with Crippen molar-refractivity contribution in [1.82, 2.24) is 4.98 Å². The molecule has 2 N–H and O–H groups in total. The summed E-state index contributed by atoms with van der Waals surface area (Å²) in [6.45, 7) is 2.39. The predicted octanol–water partition coefficient (Wildman–Crippen LogP) is 3.29. The molecule has 2 rings (SSSR count). The van der Waals surface area contributed by atoms with Gasteiger partial charge >= 0.3 is 0 Å². The molecule has 0 atom stereocenters. The van der Waals surface area contributed by atoms with Crippen molar-refractivity contribution in [3.05, 3.63) is 50.2 Å². The number of hydrogen-bond donors (Lipinski definition) is 1. The molecule has 2 nitrogen and oxygen atoms in total. The summed E-state index contributed by atoms with van der Waals surface area (Å²) in [4.78, 5) is 5.42. The first-order valence-corrected chi connectivity index (χ1v) is 6.39. The Morgan fingerprint density at radius 2 is 2.24 bits per heavy atom. The minimum atomic E-state index is -0.365. The van der Waals surface area contributed by atoms with Crippen LogP contribution in [0.3, 0.4) is 0 Å². The first kappa shape index (κ1) is 12.5. The zero-order valence-corrected chi connectivity index (χ0v) is 10.9. The summed E-state index contributed by atoms with van der Waals surface area (Å²) in [7, 11) is 0. The molecule has 2 aromatic rings. The molecule has 17 heavy (non-hydrogen) atoms. The van der Waals surface area contributed by atoms with E-state index in [4.69, 9.17) is 17.3 Å². The van der Waals surface area contributed by atoms with E-state index >= 15 is 0 Å². The molecule has 0 aliphatic heterocycles. The quantitative estimate of drug-likeness (QED) is 0.929. The van der Waals surface area contributed by atoms with E-state index in [2.05, 4.69) is 4.98 Å². The number of hydrogen-bond acceptors (Lipinski definition) is 3. The predicted molar refractivity (Wildman–Crippen MR) is 69.0 cm³/mol. The maximum atomic E-state index is 13.7. The second-order valence-corrected chi connectivity index (χ2v) is 5.29. The summed E-state index contributed by atoms with van der Waals surface area (Å²) in [5.74, 6) is -0.365. The highest BCUT2D eigenvalue weighted by molar-refractivity contribution is 7.11. The molecule has 0 radical (unpaired) electrons. The van der Waals surface area contributed by atoms with E-state index in [1.54, 1.807) is 18.2 Å². The molecule has 0 saturated heterocycles. The van der Waals surface area contributed by atoms with Crippen molar-refractivity contribution in [2.24, 2.45) is 5.73 Å². The highest BCUT2D eigenvalue weighted by atomic mass is 35.5. The number of nitrogens with zero attached hydrogens (tertiary/aromatic N) is 1. The molecule has 0 saturated carbocycles. The van der Waals surface area contributed by atoms with Crippen molar-refractivity contribution in [3.8, 4) is 0 Å². The van der Waals surface area contributed by atoms with Gasteiger partial charge in [-0.25, -0.2) is 9.37 Å². The van der Waals surface area contributed by atoms with Crippen LogP contribution in [0.15, 0.2) is 18.2 Å². The van der Waals surface area contributed by atoms with Gasteiger partial charge in [0.25, 0.3) is 0 Å².